The van der Waals surface area contributed by atoms with Gasteiger partial charge in [-0.15, -0.1) is 0 Å². The Kier molecular flexibility index (Phi) is 3.31. The first kappa shape index (κ1) is 12.7. The van der Waals surface area contributed by atoms with Gasteiger partial charge in [0.1, 0.15) is 0 Å². The maximum atomic E-state index is 12.1. The van der Waals surface area contributed by atoms with E-state index in [0.717, 1.165) is 10.0 Å². The second-order valence-corrected chi connectivity index (χ2v) is 8.08. The van der Waals surface area contributed by atoms with Gasteiger partial charge in [-0.05, 0) is 45.4 Å². The average Bonchev–Trinajstić information content (AvgIpc) is 2.07. The van der Waals surface area contributed by atoms with E-state index in [-0.39, 0.29) is 0 Å². The number of benzene rings is 1. The molecule has 0 saturated heterocycles. The normalized spacial score (nSPS) is 12.9. The molecule has 4 heteroatoms. The fourth-order valence-electron chi connectivity index (χ4n) is 1.09. The van der Waals surface area contributed by atoms with Crippen molar-refractivity contribution in [3.63, 3.8) is 0 Å². The lowest BCUT2D eigenvalue weighted by Gasteiger charge is -2.19. The van der Waals surface area contributed by atoms with Gasteiger partial charge in [-0.25, -0.2) is 8.42 Å². The summed E-state index contributed by atoms with van der Waals surface area (Å²) in [5.74, 6) is 0. The van der Waals surface area contributed by atoms with Crippen LogP contribution in [0.25, 0.3) is 0 Å². The predicted molar refractivity (Wildman–Crippen MR) is 65.8 cm³/mol. The van der Waals surface area contributed by atoms with E-state index in [1.54, 1.807) is 32.9 Å². The number of sulfone groups is 1. The van der Waals surface area contributed by atoms with E-state index >= 15 is 0 Å². The van der Waals surface area contributed by atoms with Gasteiger partial charge < -0.3 is 0 Å². The molecular weight excluding hydrogens is 276 g/mol. The first-order valence-corrected chi connectivity index (χ1v) is 6.94. The standard InChI is InChI=1S/C11H15BrO2S/c1-8-5-6-9(7-10(8)12)15(13,14)11(2,3)4/h5-7H,1-4H3. The maximum absolute atomic E-state index is 12.1. The largest absolute Gasteiger partial charge is 0.223 e. The van der Waals surface area contributed by atoms with Crippen molar-refractivity contribution in [3.05, 3.63) is 28.2 Å². The average molecular weight is 291 g/mol. The summed E-state index contributed by atoms with van der Waals surface area (Å²) in [6, 6.07) is 5.12. The highest BCUT2D eigenvalue weighted by atomic mass is 79.9. The monoisotopic (exact) mass is 290 g/mol. The Hall–Kier alpha value is -0.350. The van der Waals surface area contributed by atoms with Crippen LogP contribution in [0.5, 0.6) is 0 Å². The molecule has 0 aliphatic heterocycles. The molecular formula is C11H15BrO2S. The SMILES string of the molecule is Cc1ccc(S(=O)(=O)C(C)(C)C)cc1Br. The van der Waals surface area contributed by atoms with Gasteiger partial charge in [-0.3, -0.25) is 0 Å². The zero-order valence-electron chi connectivity index (χ0n) is 9.33. The minimum atomic E-state index is -3.25. The molecule has 0 radical (unpaired) electrons. The first-order chi connectivity index (χ1) is 6.66. The van der Waals surface area contributed by atoms with Gasteiger partial charge in [0, 0.05) is 4.47 Å². The molecule has 0 aliphatic rings. The first-order valence-electron chi connectivity index (χ1n) is 4.67. The highest BCUT2D eigenvalue weighted by Gasteiger charge is 2.30. The molecule has 2 nitrogen and oxygen atoms in total. The van der Waals surface area contributed by atoms with Crippen LogP contribution in [-0.2, 0) is 9.84 Å². The predicted octanol–water partition coefficient (Wildman–Crippen LogP) is 3.33. The Morgan fingerprint density at radius 3 is 2.13 bits per heavy atom. The Labute approximate surface area is 99.7 Å². The van der Waals surface area contributed by atoms with Crippen LogP contribution in [-0.4, -0.2) is 13.2 Å². The van der Waals surface area contributed by atoms with Crippen LogP contribution < -0.4 is 0 Å². The zero-order valence-corrected chi connectivity index (χ0v) is 11.7. The molecule has 1 rings (SSSR count). The zero-order chi connectivity index (χ0) is 11.9. The van der Waals surface area contributed by atoms with E-state index in [4.69, 9.17) is 0 Å². The van der Waals surface area contributed by atoms with Crippen LogP contribution in [0.1, 0.15) is 26.3 Å². The van der Waals surface area contributed by atoms with Crippen molar-refractivity contribution in [2.45, 2.75) is 37.3 Å². The van der Waals surface area contributed by atoms with Gasteiger partial charge in [-0.2, -0.15) is 0 Å². The molecule has 84 valence electrons. The lowest BCUT2D eigenvalue weighted by atomic mass is 10.2. The van der Waals surface area contributed by atoms with Gasteiger partial charge in [0.2, 0.25) is 0 Å². The number of rotatable bonds is 1. The Morgan fingerprint density at radius 1 is 1.20 bits per heavy atom. The number of hydrogen-bond donors (Lipinski definition) is 0. The summed E-state index contributed by atoms with van der Waals surface area (Å²) in [7, 11) is -3.25. The quantitative estimate of drug-likeness (QED) is 0.795. The topological polar surface area (TPSA) is 34.1 Å². The van der Waals surface area contributed by atoms with E-state index in [1.165, 1.54) is 0 Å². The molecule has 0 saturated carbocycles. The molecule has 0 amide bonds. The van der Waals surface area contributed by atoms with Crippen molar-refractivity contribution in [2.75, 3.05) is 0 Å². The summed E-state index contributed by atoms with van der Waals surface area (Å²) < 4.78 is 24.3. The number of aryl methyl sites for hydroxylation is 1. The molecule has 15 heavy (non-hydrogen) atoms. The van der Waals surface area contributed by atoms with Crippen molar-refractivity contribution < 1.29 is 8.42 Å². The van der Waals surface area contributed by atoms with Gasteiger partial charge in [0.05, 0.1) is 9.64 Å². The van der Waals surface area contributed by atoms with E-state index in [0.29, 0.717) is 4.90 Å². The van der Waals surface area contributed by atoms with Crippen LogP contribution in [0.3, 0.4) is 0 Å². The highest BCUT2D eigenvalue weighted by Crippen LogP contribution is 2.28. The molecule has 1 aromatic carbocycles. The third-order valence-corrected chi connectivity index (χ3v) is 5.60. The molecule has 0 bridgehead atoms. The second kappa shape index (κ2) is 3.91. The van der Waals surface area contributed by atoms with Crippen molar-refractivity contribution >= 4 is 25.8 Å². The Balaban J connectivity index is 3.36. The van der Waals surface area contributed by atoms with Crippen LogP contribution in [0, 0.1) is 6.92 Å². The van der Waals surface area contributed by atoms with Gasteiger partial charge in [-0.1, -0.05) is 22.0 Å². The summed E-state index contributed by atoms with van der Waals surface area (Å²) in [5.41, 5.74) is 1.03. The molecule has 0 spiro atoms. The molecule has 0 unspecified atom stereocenters. The lowest BCUT2D eigenvalue weighted by Crippen LogP contribution is -2.27. The van der Waals surface area contributed by atoms with Crippen molar-refractivity contribution in [3.8, 4) is 0 Å². The summed E-state index contributed by atoms with van der Waals surface area (Å²) in [6.45, 7) is 7.04. The van der Waals surface area contributed by atoms with Gasteiger partial charge >= 0.3 is 0 Å². The van der Waals surface area contributed by atoms with E-state index in [1.807, 2.05) is 13.0 Å². The molecule has 0 aromatic heterocycles. The molecule has 0 heterocycles. The van der Waals surface area contributed by atoms with E-state index in [9.17, 15) is 8.42 Å². The molecule has 0 aliphatic carbocycles. The number of hydrogen-bond acceptors (Lipinski definition) is 2. The summed E-state index contributed by atoms with van der Waals surface area (Å²) >= 11 is 3.34. The molecule has 0 fully saturated rings. The van der Waals surface area contributed by atoms with Crippen molar-refractivity contribution in [1.29, 1.82) is 0 Å². The van der Waals surface area contributed by atoms with E-state index < -0.39 is 14.6 Å². The summed E-state index contributed by atoms with van der Waals surface area (Å²) in [5, 5.41) is 0. The summed E-state index contributed by atoms with van der Waals surface area (Å²) in [4.78, 5) is 0.368. The Morgan fingerprint density at radius 2 is 1.73 bits per heavy atom. The minimum absolute atomic E-state index is 0.368. The summed E-state index contributed by atoms with van der Waals surface area (Å²) in [6.07, 6.45) is 0. The van der Waals surface area contributed by atoms with Crippen LogP contribution in [0.2, 0.25) is 0 Å². The van der Waals surface area contributed by atoms with Crippen LogP contribution in [0.4, 0.5) is 0 Å². The fourth-order valence-corrected chi connectivity index (χ4v) is 2.85. The smallest absolute Gasteiger partial charge is 0.183 e. The second-order valence-electron chi connectivity index (χ2n) is 4.53. The number of halogens is 1. The van der Waals surface area contributed by atoms with Gasteiger partial charge in [0.15, 0.2) is 9.84 Å². The molecule has 0 N–H and O–H groups in total. The van der Waals surface area contributed by atoms with E-state index in [2.05, 4.69) is 15.9 Å². The highest BCUT2D eigenvalue weighted by molar-refractivity contribution is 9.10. The fraction of sp³-hybridized carbons (Fsp3) is 0.455. The third kappa shape index (κ3) is 2.42. The van der Waals surface area contributed by atoms with Crippen molar-refractivity contribution in [2.24, 2.45) is 0 Å². The molecule has 1 aromatic rings. The lowest BCUT2D eigenvalue weighted by molar-refractivity contribution is 0.560. The van der Waals surface area contributed by atoms with Crippen LogP contribution >= 0.6 is 15.9 Å². The Bertz CT molecular complexity index is 470. The van der Waals surface area contributed by atoms with Crippen LogP contribution in [0.15, 0.2) is 27.6 Å². The minimum Gasteiger partial charge on any atom is -0.223 e. The maximum Gasteiger partial charge on any atom is 0.183 e. The third-order valence-electron chi connectivity index (χ3n) is 2.26. The van der Waals surface area contributed by atoms with Gasteiger partial charge in [0.25, 0.3) is 0 Å². The van der Waals surface area contributed by atoms with Crippen molar-refractivity contribution in [1.82, 2.24) is 0 Å². The molecule has 0 atom stereocenters.